The Morgan fingerprint density at radius 2 is 0.975 bits per heavy atom. The van der Waals surface area contributed by atoms with Crippen molar-refractivity contribution in [3.63, 3.8) is 0 Å². The zero-order valence-corrected chi connectivity index (χ0v) is 25.8. The summed E-state index contributed by atoms with van der Waals surface area (Å²) in [6.45, 7) is 5.54. The molecule has 4 aromatic rings. The lowest BCUT2D eigenvalue weighted by molar-refractivity contribution is -0.142. The third-order valence-electron chi connectivity index (χ3n) is 6.38. The van der Waals surface area contributed by atoms with E-state index < -0.39 is 0 Å². The minimum Gasteiger partial charge on any atom is -0.465 e. The largest absolute Gasteiger partial charge is 0.465 e. The van der Waals surface area contributed by atoms with Crippen LogP contribution < -0.4 is 9.80 Å². The van der Waals surface area contributed by atoms with Gasteiger partial charge in [0.15, 0.2) is 0 Å². The maximum absolute atomic E-state index is 12.7. The molecule has 0 aliphatic rings. The van der Waals surface area contributed by atoms with Gasteiger partial charge >= 0.3 is 11.9 Å². The number of hydrogen-bond donors (Lipinski definition) is 0. The van der Waals surface area contributed by atoms with Crippen molar-refractivity contribution in [3.05, 3.63) is 105 Å². The second-order valence-corrected chi connectivity index (χ2v) is 11.1. The van der Waals surface area contributed by atoms with Crippen molar-refractivity contribution < 1.29 is 19.1 Å². The normalized spacial score (nSPS) is 10.8. The van der Waals surface area contributed by atoms with Crippen LogP contribution in [0.25, 0.3) is 10.8 Å². The van der Waals surface area contributed by atoms with Crippen molar-refractivity contribution in [2.24, 2.45) is 0 Å². The number of esters is 2. The highest BCUT2D eigenvalue weighted by Crippen LogP contribution is 2.36. The Labute approximate surface area is 252 Å². The summed E-state index contributed by atoms with van der Waals surface area (Å²) < 4.78 is 12.6. The molecule has 8 heteroatoms. The van der Waals surface area contributed by atoms with E-state index >= 15 is 0 Å². The van der Waals surface area contributed by atoms with Crippen molar-refractivity contribution in [3.8, 4) is 0 Å². The van der Waals surface area contributed by atoms with Gasteiger partial charge in [-0.2, -0.15) is 0 Å². The zero-order valence-electron chi connectivity index (χ0n) is 22.6. The van der Waals surface area contributed by atoms with E-state index in [2.05, 4.69) is 44.0 Å². The van der Waals surface area contributed by atoms with Gasteiger partial charge in [0.2, 0.25) is 0 Å². The Hall–Kier alpha value is -3.36. The van der Waals surface area contributed by atoms with E-state index in [1.54, 1.807) is 0 Å². The highest BCUT2D eigenvalue weighted by Gasteiger charge is 2.21. The second kappa shape index (κ2) is 14.3. The standard InChI is InChI=1S/C32H32Br2N2O4/c1-3-39-31(37)21-35(19-23-9-13-25(33)14-10-23)29-17-18-30(28-8-6-5-7-27(28)29)36(22-32(38)40-4-2)20-24-11-15-26(34)16-12-24/h5-18H,3-4,19-22H2,1-2H3. The highest BCUT2D eigenvalue weighted by atomic mass is 79.9. The molecule has 0 aromatic heterocycles. The first-order valence-electron chi connectivity index (χ1n) is 13.2. The summed E-state index contributed by atoms with van der Waals surface area (Å²) in [5.74, 6) is -0.570. The summed E-state index contributed by atoms with van der Waals surface area (Å²) in [5.41, 5.74) is 3.96. The van der Waals surface area contributed by atoms with Crippen LogP contribution in [0.4, 0.5) is 11.4 Å². The number of anilines is 2. The Kier molecular flexibility index (Phi) is 10.6. The molecule has 6 nitrogen and oxygen atoms in total. The summed E-state index contributed by atoms with van der Waals surface area (Å²) in [7, 11) is 0. The average Bonchev–Trinajstić information content (AvgIpc) is 2.94. The van der Waals surface area contributed by atoms with E-state index in [-0.39, 0.29) is 25.0 Å². The maximum atomic E-state index is 12.7. The molecule has 0 aliphatic heterocycles. The molecule has 0 radical (unpaired) electrons. The van der Waals surface area contributed by atoms with Crippen LogP contribution in [-0.4, -0.2) is 38.2 Å². The predicted molar refractivity (Wildman–Crippen MR) is 168 cm³/mol. The lowest BCUT2D eigenvalue weighted by atomic mass is 10.0. The van der Waals surface area contributed by atoms with E-state index in [0.717, 1.165) is 42.2 Å². The van der Waals surface area contributed by atoms with Gasteiger partial charge in [-0.05, 0) is 61.4 Å². The third-order valence-corrected chi connectivity index (χ3v) is 7.44. The molecule has 0 aliphatic carbocycles. The van der Waals surface area contributed by atoms with Gasteiger partial charge in [0.05, 0.1) is 13.2 Å². The van der Waals surface area contributed by atoms with Crippen LogP contribution in [-0.2, 0) is 32.2 Å². The number of halogens is 2. The van der Waals surface area contributed by atoms with Gasteiger partial charge in [-0.25, -0.2) is 0 Å². The van der Waals surface area contributed by atoms with Crippen molar-refractivity contribution in [1.29, 1.82) is 0 Å². The first-order chi connectivity index (χ1) is 19.4. The Morgan fingerprint density at radius 1 is 0.600 bits per heavy atom. The molecule has 0 saturated heterocycles. The van der Waals surface area contributed by atoms with Crippen molar-refractivity contribution >= 4 is 65.9 Å². The fraction of sp³-hybridized carbons (Fsp3) is 0.250. The first kappa shape index (κ1) is 29.6. The molecular weight excluding hydrogens is 636 g/mol. The number of carbonyl (C=O) groups is 2. The smallest absolute Gasteiger partial charge is 0.325 e. The summed E-state index contributed by atoms with van der Waals surface area (Å²) in [6.07, 6.45) is 0. The highest BCUT2D eigenvalue weighted by molar-refractivity contribution is 9.10. The van der Waals surface area contributed by atoms with Crippen molar-refractivity contribution in [2.45, 2.75) is 26.9 Å². The summed E-state index contributed by atoms with van der Waals surface area (Å²) in [4.78, 5) is 29.4. The van der Waals surface area contributed by atoms with Gasteiger partial charge in [-0.15, -0.1) is 0 Å². The topological polar surface area (TPSA) is 59.1 Å². The predicted octanol–water partition coefficient (Wildman–Crippen LogP) is 7.50. The van der Waals surface area contributed by atoms with E-state index in [9.17, 15) is 9.59 Å². The molecule has 0 atom stereocenters. The number of hydrogen-bond acceptors (Lipinski definition) is 6. The first-order valence-corrected chi connectivity index (χ1v) is 14.8. The SMILES string of the molecule is CCOC(=O)CN(Cc1ccc(Br)cc1)c1ccc(N(CC(=O)OCC)Cc2ccc(Br)cc2)c2ccccc12. The van der Waals surface area contributed by atoms with Crippen LogP contribution in [0.5, 0.6) is 0 Å². The third kappa shape index (κ3) is 7.86. The van der Waals surface area contributed by atoms with Crippen LogP contribution in [0.3, 0.4) is 0 Å². The number of carbonyl (C=O) groups excluding carboxylic acids is 2. The number of rotatable bonds is 12. The lowest BCUT2D eigenvalue weighted by Crippen LogP contribution is -2.32. The van der Waals surface area contributed by atoms with Crippen LogP contribution >= 0.6 is 31.9 Å². The second-order valence-electron chi connectivity index (χ2n) is 9.22. The summed E-state index contributed by atoms with van der Waals surface area (Å²) >= 11 is 7.00. The molecule has 0 amide bonds. The van der Waals surface area contributed by atoms with Gasteiger partial charge in [-0.3, -0.25) is 9.59 Å². The number of ether oxygens (including phenoxy) is 2. The molecule has 4 rings (SSSR count). The van der Waals surface area contributed by atoms with Crippen molar-refractivity contribution in [1.82, 2.24) is 0 Å². The van der Waals surface area contributed by atoms with E-state index in [0.29, 0.717) is 26.3 Å². The van der Waals surface area contributed by atoms with E-state index in [4.69, 9.17) is 9.47 Å². The Bertz CT molecular complexity index is 1330. The van der Waals surface area contributed by atoms with Crippen LogP contribution in [0.15, 0.2) is 93.9 Å². The van der Waals surface area contributed by atoms with Gasteiger partial charge < -0.3 is 19.3 Å². The lowest BCUT2D eigenvalue weighted by Gasteiger charge is -2.29. The molecule has 0 N–H and O–H groups in total. The number of benzene rings is 4. The van der Waals surface area contributed by atoms with Crippen LogP contribution in [0.1, 0.15) is 25.0 Å². The van der Waals surface area contributed by atoms with Gasteiger partial charge in [0.25, 0.3) is 0 Å². The fourth-order valence-corrected chi connectivity index (χ4v) is 5.15. The molecule has 0 saturated carbocycles. The Morgan fingerprint density at radius 3 is 1.32 bits per heavy atom. The molecule has 40 heavy (non-hydrogen) atoms. The molecule has 0 spiro atoms. The van der Waals surface area contributed by atoms with E-state index in [1.807, 2.05) is 96.4 Å². The number of fused-ring (bicyclic) bond motifs is 1. The minimum atomic E-state index is -0.285. The van der Waals surface area contributed by atoms with Crippen LogP contribution in [0.2, 0.25) is 0 Å². The fourth-order valence-electron chi connectivity index (χ4n) is 4.62. The van der Waals surface area contributed by atoms with Crippen molar-refractivity contribution in [2.75, 3.05) is 36.1 Å². The summed E-state index contributed by atoms with van der Waals surface area (Å²) in [6, 6.07) is 28.3. The average molecular weight is 668 g/mol. The molecular formula is C32H32Br2N2O4. The number of nitrogens with zero attached hydrogens (tertiary/aromatic N) is 2. The minimum absolute atomic E-state index is 0.110. The maximum Gasteiger partial charge on any atom is 0.325 e. The molecule has 0 heterocycles. The van der Waals surface area contributed by atoms with Gasteiger partial charge in [0, 0.05) is 44.2 Å². The quantitative estimate of drug-likeness (QED) is 0.146. The van der Waals surface area contributed by atoms with Crippen LogP contribution in [0, 0.1) is 0 Å². The van der Waals surface area contributed by atoms with E-state index in [1.165, 1.54) is 0 Å². The molecule has 4 aromatic carbocycles. The van der Waals surface area contributed by atoms with Gasteiger partial charge in [-0.1, -0.05) is 80.4 Å². The summed E-state index contributed by atoms with van der Waals surface area (Å²) in [5, 5.41) is 1.96. The molecule has 0 bridgehead atoms. The monoisotopic (exact) mass is 666 g/mol. The van der Waals surface area contributed by atoms with Gasteiger partial charge in [0.1, 0.15) is 13.1 Å². The Balaban J connectivity index is 1.77. The zero-order chi connectivity index (χ0) is 28.5. The molecule has 0 unspecified atom stereocenters. The molecule has 0 fully saturated rings. The molecule has 208 valence electrons.